The van der Waals surface area contributed by atoms with Crippen LogP contribution in [0.3, 0.4) is 0 Å². The minimum absolute atomic E-state index is 0.208. The molecule has 2 amide bonds. The highest BCUT2D eigenvalue weighted by Gasteiger charge is 2.54. The Kier molecular flexibility index (Phi) is 3.62. The summed E-state index contributed by atoms with van der Waals surface area (Å²) in [5, 5.41) is 0. The molecule has 2 atom stereocenters. The molecule has 0 spiro atoms. The quantitative estimate of drug-likeness (QED) is 0.615. The summed E-state index contributed by atoms with van der Waals surface area (Å²) in [5.74, 6) is -1.32. The van der Waals surface area contributed by atoms with E-state index in [0.29, 0.717) is 17.9 Å². The maximum atomic E-state index is 12.8. The van der Waals surface area contributed by atoms with E-state index in [4.69, 9.17) is 9.47 Å². The van der Waals surface area contributed by atoms with Gasteiger partial charge in [0.05, 0.1) is 25.1 Å². The lowest BCUT2D eigenvalue weighted by atomic mass is 9.80. The van der Waals surface area contributed by atoms with E-state index in [1.807, 2.05) is 13.8 Å². The van der Waals surface area contributed by atoms with Crippen LogP contribution in [0.2, 0.25) is 0 Å². The molecule has 6 heteroatoms. The number of fused-ring (bicyclic) bond motifs is 1. The molecule has 23 heavy (non-hydrogen) atoms. The smallest absolute Gasteiger partial charge is 0.307 e. The van der Waals surface area contributed by atoms with E-state index in [2.05, 4.69) is 0 Å². The Morgan fingerprint density at radius 1 is 1.22 bits per heavy atom. The first-order chi connectivity index (χ1) is 10.8. The van der Waals surface area contributed by atoms with Gasteiger partial charge in [0.1, 0.15) is 5.75 Å². The monoisotopic (exact) mass is 317 g/mol. The summed E-state index contributed by atoms with van der Waals surface area (Å²) in [7, 11) is 1.51. The summed E-state index contributed by atoms with van der Waals surface area (Å²) in [6.07, 6.45) is -0.378. The topological polar surface area (TPSA) is 72.9 Å². The second kappa shape index (κ2) is 5.37. The van der Waals surface area contributed by atoms with Crippen LogP contribution in [0.15, 0.2) is 24.3 Å². The van der Waals surface area contributed by atoms with Gasteiger partial charge in [-0.1, -0.05) is 19.9 Å². The van der Waals surface area contributed by atoms with Gasteiger partial charge in [0.2, 0.25) is 5.91 Å². The molecule has 2 heterocycles. The van der Waals surface area contributed by atoms with Crippen molar-refractivity contribution in [1.29, 1.82) is 0 Å². The fourth-order valence-corrected chi connectivity index (χ4v) is 3.28. The SMILES string of the molecule is COc1cccc(N2C(=O)[C@H]3OC(=O)CC(C)(C)C[C@H]3C2=O)c1. The fraction of sp³-hybridized carbons (Fsp3) is 0.471. The van der Waals surface area contributed by atoms with Crippen molar-refractivity contribution in [1.82, 2.24) is 0 Å². The van der Waals surface area contributed by atoms with Crippen LogP contribution in [0.25, 0.3) is 0 Å². The lowest BCUT2D eigenvalue weighted by molar-refractivity contribution is -0.154. The van der Waals surface area contributed by atoms with Crippen LogP contribution in [-0.2, 0) is 19.1 Å². The van der Waals surface area contributed by atoms with Crippen LogP contribution in [-0.4, -0.2) is 31.0 Å². The number of nitrogens with zero attached hydrogens (tertiary/aromatic N) is 1. The second-order valence-corrected chi connectivity index (χ2v) is 6.78. The lowest BCUT2D eigenvalue weighted by Crippen LogP contribution is -2.34. The molecule has 0 saturated carbocycles. The summed E-state index contributed by atoms with van der Waals surface area (Å²) < 4.78 is 10.4. The number of hydrogen-bond donors (Lipinski definition) is 0. The van der Waals surface area contributed by atoms with Crippen molar-refractivity contribution in [2.75, 3.05) is 12.0 Å². The second-order valence-electron chi connectivity index (χ2n) is 6.78. The molecular formula is C17H19NO5. The summed E-state index contributed by atoms with van der Waals surface area (Å²) >= 11 is 0. The highest BCUT2D eigenvalue weighted by atomic mass is 16.6. The number of carbonyl (C=O) groups is 3. The predicted octanol–water partition coefficient (Wildman–Crippen LogP) is 1.92. The Bertz CT molecular complexity index is 681. The summed E-state index contributed by atoms with van der Waals surface area (Å²) in [6.45, 7) is 3.81. The third kappa shape index (κ3) is 2.69. The van der Waals surface area contributed by atoms with Gasteiger partial charge in [0.25, 0.3) is 5.91 Å². The zero-order chi connectivity index (χ0) is 16.8. The number of anilines is 1. The third-order valence-electron chi connectivity index (χ3n) is 4.33. The van der Waals surface area contributed by atoms with Crippen molar-refractivity contribution >= 4 is 23.5 Å². The van der Waals surface area contributed by atoms with Crippen molar-refractivity contribution < 1.29 is 23.9 Å². The number of methoxy groups -OCH3 is 1. The molecule has 2 aliphatic rings. The highest BCUT2D eigenvalue weighted by molar-refractivity contribution is 6.23. The van der Waals surface area contributed by atoms with Crippen molar-refractivity contribution in [2.45, 2.75) is 32.8 Å². The molecule has 0 radical (unpaired) electrons. The number of esters is 1. The molecular weight excluding hydrogens is 298 g/mol. The van der Waals surface area contributed by atoms with E-state index in [-0.39, 0.29) is 17.7 Å². The normalized spacial score (nSPS) is 26.6. The average molecular weight is 317 g/mol. The van der Waals surface area contributed by atoms with Gasteiger partial charge < -0.3 is 9.47 Å². The molecule has 0 unspecified atom stereocenters. The predicted molar refractivity (Wildman–Crippen MR) is 81.9 cm³/mol. The summed E-state index contributed by atoms with van der Waals surface area (Å²) in [5.41, 5.74) is 0.0536. The van der Waals surface area contributed by atoms with Gasteiger partial charge in [-0.05, 0) is 24.0 Å². The van der Waals surface area contributed by atoms with Crippen molar-refractivity contribution in [3.63, 3.8) is 0 Å². The number of hydrogen-bond acceptors (Lipinski definition) is 5. The minimum Gasteiger partial charge on any atom is -0.497 e. The molecule has 0 aliphatic carbocycles. The number of carbonyl (C=O) groups excluding carboxylic acids is 3. The zero-order valence-electron chi connectivity index (χ0n) is 13.4. The van der Waals surface area contributed by atoms with Crippen molar-refractivity contribution in [2.24, 2.45) is 11.3 Å². The third-order valence-corrected chi connectivity index (χ3v) is 4.33. The molecule has 0 bridgehead atoms. The first-order valence-corrected chi connectivity index (χ1v) is 7.54. The minimum atomic E-state index is -1.03. The lowest BCUT2D eigenvalue weighted by Gasteiger charge is -2.23. The van der Waals surface area contributed by atoms with Gasteiger partial charge in [-0.15, -0.1) is 0 Å². The van der Waals surface area contributed by atoms with Gasteiger partial charge in [-0.2, -0.15) is 0 Å². The zero-order valence-corrected chi connectivity index (χ0v) is 13.4. The van der Waals surface area contributed by atoms with Crippen molar-refractivity contribution in [3.05, 3.63) is 24.3 Å². The van der Waals surface area contributed by atoms with Crippen molar-refractivity contribution in [3.8, 4) is 5.75 Å². The Morgan fingerprint density at radius 2 is 1.96 bits per heavy atom. The van der Waals surface area contributed by atoms with E-state index in [9.17, 15) is 14.4 Å². The Morgan fingerprint density at radius 3 is 2.65 bits per heavy atom. The molecule has 6 nitrogen and oxygen atoms in total. The molecule has 3 rings (SSSR count). The van der Waals surface area contributed by atoms with Gasteiger partial charge in [0.15, 0.2) is 6.10 Å². The Balaban J connectivity index is 1.98. The van der Waals surface area contributed by atoms with E-state index in [0.717, 1.165) is 4.90 Å². The average Bonchev–Trinajstić information content (AvgIpc) is 2.63. The van der Waals surface area contributed by atoms with Gasteiger partial charge >= 0.3 is 5.97 Å². The molecule has 0 N–H and O–H groups in total. The Labute approximate surface area is 134 Å². The molecule has 2 saturated heterocycles. The molecule has 122 valence electrons. The number of amides is 2. The van der Waals surface area contributed by atoms with E-state index in [1.54, 1.807) is 24.3 Å². The standard InChI is InChI=1S/C17H19NO5/c1-17(2)8-12-14(23-13(19)9-17)16(21)18(15(12)20)10-5-4-6-11(7-10)22-3/h4-7,12,14H,8-9H2,1-3H3/t12-,14+/m1/s1. The van der Waals surface area contributed by atoms with Crippen LogP contribution < -0.4 is 9.64 Å². The molecule has 1 aromatic rings. The van der Waals surface area contributed by atoms with Crippen LogP contribution in [0.4, 0.5) is 5.69 Å². The molecule has 1 aromatic carbocycles. The number of benzene rings is 1. The summed E-state index contributed by atoms with van der Waals surface area (Å²) in [6, 6.07) is 6.72. The van der Waals surface area contributed by atoms with E-state index in [1.165, 1.54) is 7.11 Å². The number of imide groups is 1. The van der Waals surface area contributed by atoms with E-state index < -0.39 is 23.9 Å². The summed E-state index contributed by atoms with van der Waals surface area (Å²) in [4.78, 5) is 38.4. The van der Waals surface area contributed by atoms with Crippen LogP contribution in [0, 0.1) is 11.3 Å². The van der Waals surface area contributed by atoms with Crippen LogP contribution >= 0.6 is 0 Å². The largest absolute Gasteiger partial charge is 0.497 e. The molecule has 2 fully saturated rings. The Hall–Kier alpha value is -2.37. The molecule has 2 aliphatic heterocycles. The fourth-order valence-electron chi connectivity index (χ4n) is 3.28. The first kappa shape index (κ1) is 15.5. The molecule has 0 aromatic heterocycles. The van der Waals surface area contributed by atoms with Gasteiger partial charge in [-0.3, -0.25) is 14.4 Å². The van der Waals surface area contributed by atoms with Crippen LogP contribution in [0.1, 0.15) is 26.7 Å². The number of ether oxygens (including phenoxy) is 2. The number of rotatable bonds is 2. The van der Waals surface area contributed by atoms with Gasteiger partial charge in [0, 0.05) is 6.07 Å². The van der Waals surface area contributed by atoms with Crippen LogP contribution in [0.5, 0.6) is 5.75 Å². The first-order valence-electron chi connectivity index (χ1n) is 7.54. The maximum absolute atomic E-state index is 12.8. The van der Waals surface area contributed by atoms with Gasteiger partial charge in [-0.25, -0.2) is 4.90 Å². The maximum Gasteiger partial charge on any atom is 0.307 e. The van der Waals surface area contributed by atoms with E-state index >= 15 is 0 Å². The highest BCUT2D eigenvalue weighted by Crippen LogP contribution is 2.41.